The zero-order valence-corrected chi connectivity index (χ0v) is 6.17. The first kappa shape index (κ1) is 7.03. The minimum absolute atomic E-state index is 0.0949. The van der Waals surface area contributed by atoms with Crippen molar-refractivity contribution in [2.45, 2.75) is 0 Å². The first-order valence-corrected chi connectivity index (χ1v) is 3.53. The van der Waals surface area contributed by atoms with Crippen molar-refractivity contribution >= 4 is 17.2 Å². The van der Waals surface area contributed by atoms with Gasteiger partial charge in [-0.3, -0.25) is 4.79 Å². The van der Waals surface area contributed by atoms with Crippen molar-refractivity contribution in [3.63, 3.8) is 0 Å². The lowest BCUT2D eigenvalue weighted by atomic mass is 10.1. The summed E-state index contributed by atoms with van der Waals surface area (Å²) in [6, 6.07) is 4.72. The highest BCUT2D eigenvalue weighted by Crippen LogP contribution is 2.18. The minimum Gasteiger partial charge on any atom is -0.361 e. The van der Waals surface area contributed by atoms with Gasteiger partial charge in [-0.2, -0.15) is 0 Å². The smallest absolute Gasteiger partial charge is 0.155 e. The van der Waals surface area contributed by atoms with E-state index >= 15 is 0 Å². The van der Waals surface area contributed by atoms with Gasteiger partial charge < -0.3 is 4.98 Å². The van der Waals surface area contributed by atoms with Crippen molar-refractivity contribution in [2.24, 2.45) is 0 Å². The van der Waals surface area contributed by atoms with Crippen molar-refractivity contribution in [1.82, 2.24) is 4.98 Å². The average Bonchev–Trinajstić information content (AvgIpc) is 2.52. The van der Waals surface area contributed by atoms with E-state index in [4.69, 9.17) is 0 Å². The number of nitrogens with one attached hydrogen (secondary N) is 1. The first-order valence-electron chi connectivity index (χ1n) is 3.53. The molecule has 2 aromatic rings. The fourth-order valence-corrected chi connectivity index (χ4v) is 1.24. The predicted molar refractivity (Wildman–Crippen MR) is 43.6 cm³/mol. The van der Waals surface area contributed by atoms with Crippen LogP contribution in [0.1, 0.15) is 10.4 Å². The van der Waals surface area contributed by atoms with Gasteiger partial charge >= 0.3 is 0 Å². The molecule has 60 valence electrons. The zero-order valence-electron chi connectivity index (χ0n) is 6.17. The second kappa shape index (κ2) is 2.44. The molecule has 0 unspecified atom stereocenters. The Bertz CT molecular complexity index is 433. The molecule has 0 amide bonds. The monoisotopic (exact) mass is 163 g/mol. The number of aromatic nitrogens is 1. The highest BCUT2D eigenvalue weighted by Gasteiger charge is 2.06. The summed E-state index contributed by atoms with van der Waals surface area (Å²) in [6.45, 7) is 0. The highest BCUT2D eigenvalue weighted by molar-refractivity contribution is 5.96. The van der Waals surface area contributed by atoms with Crippen LogP contribution in [0, 0.1) is 5.82 Å². The van der Waals surface area contributed by atoms with Crippen LogP contribution in [0.5, 0.6) is 0 Å². The maximum absolute atomic E-state index is 12.9. The van der Waals surface area contributed by atoms with Gasteiger partial charge in [0.15, 0.2) is 6.29 Å². The van der Waals surface area contributed by atoms with Crippen LogP contribution >= 0.6 is 0 Å². The summed E-state index contributed by atoms with van der Waals surface area (Å²) in [6.07, 6.45) is 2.20. The molecule has 1 aromatic heterocycles. The standard InChI is InChI=1S/C9H6FNO/c10-8-2-1-6-3-4-11-9(6)7(8)5-12/h1-5,11H. The van der Waals surface area contributed by atoms with Crippen molar-refractivity contribution in [1.29, 1.82) is 0 Å². The molecule has 0 saturated heterocycles. The van der Waals surface area contributed by atoms with Gasteiger partial charge in [0.1, 0.15) is 5.82 Å². The quantitative estimate of drug-likeness (QED) is 0.641. The van der Waals surface area contributed by atoms with Crippen LogP contribution < -0.4 is 0 Å². The fraction of sp³-hybridized carbons (Fsp3) is 0. The largest absolute Gasteiger partial charge is 0.361 e. The topological polar surface area (TPSA) is 32.9 Å². The molecule has 0 spiro atoms. The lowest BCUT2D eigenvalue weighted by Gasteiger charge is -1.95. The molecule has 0 aliphatic rings. The summed E-state index contributed by atoms with van der Waals surface area (Å²) in [4.78, 5) is 13.3. The Hall–Kier alpha value is -1.64. The Morgan fingerprint density at radius 2 is 2.17 bits per heavy atom. The Kier molecular flexibility index (Phi) is 1.43. The molecular formula is C9H6FNO. The van der Waals surface area contributed by atoms with Crippen LogP contribution in [-0.2, 0) is 0 Å². The molecule has 0 radical (unpaired) electrons. The zero-order chi connectivity index (χ0) is 8.55. The molecule has 2 rings (SSSR count). The van der Waals surface area contributed by atoms with E-state index in [-0.39, 0.29) is 5.56 Å². The number of fused-ring (bicyclic) bond motifs is 1. The highest BCUT2D eigenvalue weighted by atomic mass is 19.1. The lowest BCUT2D eigenvalue weighted by Crippen LogP contribution is -1.88. The van der Waals surface area contributed by atoms with Crippen molar-refractivity contribution in [2.75, 3.05) is 0 Å². The van der Waals surface area contributed by atoms with Crippen molar-refractivity contribution < 1.29 is 9.18 Å². The van der Waals surface area contributed by atoms with Gasteiger partial charge in [0.25, 0.3) is 0 Å². The molecule has 1 N–H and O–H groups in total. The normalized spacial score (nSPS) is 10.4. The molecule has 3 heteroatoms. The molecule has 12 heavy (non-hydrogen) atoms. The van der Waals surface area contributed by atoms with E-state index in [1.807, 2.05) is 0 Å². The van der Waals surface area contributed by atoms with Gasteiger partial charge in [-0.15, -0.1) is 0 Å². The van der Waals surface area contributed by atoms with Gasteiger partial charge in [-0.05, 0) is 18.2 Å². The number of H-pyrrole nitrogens is 1. The van der Waals surface area contributed by atoms with Crippen LogP contribution in [-0.4, -0.2) is 11.3 Å². The Morgan fingerprint density at radius 3 is 2.92 bits per heavy atom. The number of aromatic amines is 1. The van der Waals surface area contributed by atoms with Crippen LogP contribution in [0.15, 0.2) is 24.4 Å². The summed E-state index contributed by atoms with van der Waals surface area (Å²) in [5.41, 5.74) is 0.655. The molecule has 1 heterocycles. The van der Waals surface area contributed by atoms with Gasteiger partial charge in [0.05, 0.1) is 11.1 Å². The average molecular weight is 163 g/mol. The maximum Gasteiger partial charge on any atom is 0.155 e. The lowest BCUT2D eigenvalue weighted by molar-refractivity contribution is 0.112. The van der Waals surface area contributed by atoms with Gasteiger partial charge in [0, 0.05) is 11.6 Å². The number of aldehydes is 1. The van der Waals surface area contributed by atoms with E-state index in [1.165, 1.54) is 6.07 Å². The number of rotatable bonds is 1. The van der Waals surface area contributed by atoms with Crippen LogP contribution in [0.25, 0.3) is 10.9 Å². The second-order valence-corrected chi connectivity index (χ2v) is 2.52. The summed E-state index contributed by atoms with van der Waals surface area (Å²) in [7, 11) is 0. The molecule has 0 fully saturated rings. The van der Waals surface area contributed by atoms with Crippen molar-refractivity contribution in [3.05, 3.63) is 35.8 Å². The molecule has 0 bridgehead atoms. The van der Waals surface area contributed by atoms with E-state index in [9.17, 15) is 9.18 Å². The molecule has 0 atom stereocenters. The minimum atomic E-state index is -0.486. The summed E-state index contributed by atoms with van der Waals surface area (Å²) in [5, 5.41) is 0.846. The third-order valence-corrected chi connectivity index (χ3v) is 1.83. The number of carbonyl (C=O) groups is 1. The van der Waals surface area contributed by atoms with Gasteiger partial charge in [0.2, 0.25) is 0 Å². The number of halogens is 1. The second-order valence-electron chi connectivity index (χ2n) is 2.52. The van der Waals surface area contributed by atoms with E-state index in [2.05, 4.69) is 4.98 Å². The Balaban J connectivity index is 2.91. The van der Waals surface area contributed by atoms with Crippen LogP contribution in [0.2, 0.25) is 0 Å². The van der Waals surface area contributed by atoms with Crippen LogP contribution in [0.3, 0.4) is 0 Å². The molecule has 0 aliphatic carbocycles. The third-order valence-electron chi connectivity index (χ3n) is 1.83. The van der Waals surface area contributed by atoms with E-state index < -0.39 is 5.82 Å². The van der Waals surface area contributed by atoms with E-state index in [0.717, 1.165) is 5.39 Å². The summed E-state index contributed by atoms with van der Waals surface area (Å²) >= 11 is 0. The van der Waals surface area contributed by atoms with Gasteiger partial charge in [-0.25, -0.2) is 4.39 Å². The molecule has 0 aliphatic heterocycles. The molecule has 1 aromatic carbocycles. The van der Waals surface area contributed by atoms with E-state index in [1.54, 1.807) is 18.3 Å². The number of hydrogen-bond acceptors (Lipinski definition) is 1. The first-order chi connectivity index (χ1) is 5.83. The molecule has 2 nitrogen and oxygen atoms in total. The Labute approximate surface area is 68.0 Å². The number of carbonyl (C=O) groups excluding carboxylic acids is 1. The fourth-order valence-electron chi connectivity index (χ4n) is 1.24. The third kappa shape index (κ3) is 0.830. The Morgan fingerprint density at radius 1 is 1.33 bits per heavy atom. The van der Waals surface area contributed by atoms with Crippen molar-refractivity contribution in [3.8, 4) is 0 Å². The molecular weight excluding hydrogens is 157 g/mol. The maximum atomic E-state index is 12.9. The summed E-state index contributed by atoms with van der Waals surface area (Å²) in [5.74, 6) is -0.486. The SMILES string of the molecule is O=Cc1c(F)ccc2cc[nH]c12. The number of hydrogen-bond donors (Lipinski definition) is 1. The summed E-state index contributed by atoms with van der Waals surface area (Å²) < 4.78 is 12.9. The van der Waals surface area contributed by atoms with E-state index in [0.29, 0.717) is 11.8 Å². The molecule has 0 saturated carbocycles. The number of benzene rings is 1. The predicted octanol–water partition coefficient (Wildman–Crippen LogP) is 2.12. The van der Waals surface area contributed by atoms with Gasteiger partial charge in [-0.1, -0.05) is 0 Å². The van der Waals surface area contributed by atoms with Crippen LogP contribution in [0.4, 0.5) is 4.39 Å².